The zero-order valence-corrected chi connectivity index (χ0v) is 15.8. The van der Waals surface area contributed by atoms with Crippen LogP contribution in [0.1, 0.15) is 26.3 Å². The van der Waals surface area contributed by atoms with E-state index in [0.29, 0.717) is 12.1 Å². The molecule has 0 atom stereocenters. The lowest BCUT2D eigenvalue weighted by Gasteiger charge is -2.33. The number of non-ortho nitro benzene ring substituents is 1. The van der Waals surface area contributed by atoms with E-state index in [4.69, 9.17) is 0 Å². The zero-order chi connectivity index (χ0) is 19.3. The van der Waals surface area contributed by atoms with Gasteiger partial charge in [-0.2, -0.15) is 0 Å². The summed E-state index contributed by atoms with van der Waals surface area (Å²) in [6, 6.07) is 14.0. The van der Waals surface area contributed by atoms with E-state index in [0.717, 1.165) is 16.2 Å². The second-order valence-electron chi connectivity index (χ2n) is 6.81. The van der Waals surface area contributed by atoms with E-state index in [9.17, 15) is 20.0 Å². The number of hydrogen-bond acceptors (Lipinski definition) is 4. The minimum atomic E-state index is -0.990. The first-order valence-electron chi connectivity index (χ1n) is 8.18. The number of benzene rings is 2. The number of aryl methyl sites for hydroxylation is 1. The molecule has 0 spiro atoms. The van der Waals surface area contributed by atoms with Crippen LogP contribution in [0.5, 0.6) is 0 Å². The summed E-state index contributed by atoms with van der Waals surface area (Å²) in [5.74, 6) is 0.743. The van der Waals surface area contributed by atoms with Gasteiger partial charge in [0.15, 0.2) is 0 Å². The molecule has 0 saturated carbocycles. The Morgan fingerprint density at radius 2 is 1.88 bits per heavy atom. The SMILES string of the molecule is CC(C)(C)N(C(=O)O)c1cccc(SCCc2cccc([N+](=O)[O-])c2)c1. The van der Waals surface area contributed by atoms with Gasteiger partial charge in [-0.1, -0.05) is 18.2 Å². The van der Waals surface area contributed by atoms with Crippen LogP contribution in [-0.4, -0.2) is 27.4 Å². The van der Waals surface area contributed by atoms with Gasteiger partial charge in [0.2, 0.25) is 0 Å². The standard InChI is InChI=1S/C19H22N2O4S/c1-19(2,3)20(18(22)23)15-7-5-9-17(13-15)26-11-10-14-6-4-8-16(12-14)21(24)25/h4-9,12-13H,10-11H2,1-3H3,(H,22,23). The minimum absolute atomic E-state index is 0.0942. The summed E-state index contributed by atoms with van der Waals surface area (Å²) in [6.45, 7) is 5.55. The number of thioether (sulfide) groups is 1. The molecule has 7 heteroatoms. The molecule has 0 unspecified atom stereocenters. The van der Waals surface area contributed by atoms with Crippen molar-refractivity contribution in [3.05, 3.63) is 64.2 Å². The van der Waals surface area contributed by atoms with Crippen LogP contribution in [0.3, 0.4) is 0 Å². The highest BCUT2D eigenvalue weighted by atomic mass is 32.2. The van der Waals surface area contributed by atoms with E-state index in [1.807, 2.05) is 45.0 Å². The Morgan fingerprint density at radius 1 is 1.19 bits per heavy atom. The highest BCUT2D eigenvalue weighted by Gasteiger charge is 2.27. The van der Waals surface area contributed by atoms with E-state index < -0.39 is 16.6 Å². The number of nitro groups is 1. The van der Waals surface area contributed by atoms with Gasteiger partial charge in [0, 0.05) is 34.0 Å². The van der Waals surface area contributed by atoms with Crippen molar-refractivity contribution in [1.29, 1.82) is 0 Å². The fourth-order valence-electron chi connectivity index (χ4n) is 2.61. The smallest absolute Gasteiger partial charge is 0.412 e. The molecule has 1 N–H and O–H groups in total. The number of carbonyl (C=O) groups is 1. The van der Waals surface area contributed by atoms with E-state index in [-0.39, 0.29) is 5.69 Å². The third-order valence-electron chi connectivity index (χ3n) is 3.72. The topological polar surface area (TPSA) is 83.7 Å². The maximum absolute atomic E-state index is 11.6. The Hall–Kier alpha value is -2.54. The molecule has 0 radical (unpaired) electrons. The molecule has 0 bridgehead atoms. The number of nitrogens with zero attached hydrogens (tertiary/aromatic N) is 2. The summed E-state index contributed by atoms with van der Waals surface area (Å²) >= 11 is 1.59. The van der Waals surface area contributed by atoms with Crippen molar-refractivity contribution < 1.29 is 14.8 Å². The fraction of sp³-hybridized carbons (Fsp3) is 0.316. The van der Waals surface area contributed by atoms with Crippen LogP contribution in [0.25, 0.3) is 0 Å². The molecule has 1 amide bonds. The van der Waals surface area contributed by atoms with Gasteiger partial charge in [-0.05, 0) is 51.0 Å². The molecule has 2 aromatic rings. The predicted octanol–water partition coefficient (Wildman–Crippen LogP) is 5.21. The largest absolute Gasteiger partial charge is 0.465 e. The lowest BCUT2D eigenvalue weighted by atomic mass is 10.1. The van der Waals surface area contributed by atoms with Gasteiger partial charge < -0.3 is 5.11 Å². The van der Waals surface area contributed by atoms with Crippen molar-refractivity contribution in [1.82, 2.24) is 0 Å². The van der Waals surface area contributed by atoms with Gasteiger partial charge in [-0.15, -0.1) is 11.8 Å². The van der Waals surface area contributed by atoms with Crippen LogP contribution >= 0.6 is 11.8 Å². The maximum Gasteiger partial charge on any atom is 0.412 e. The van der Waals surface area contributed by atoms with Crippen LogP contribution < -0.4 is 4.90 Å². The molecule has 2 rings (SSSR count). The Kier molecular flexibility index (Phi) is 6.26. The first-order chi connectivity index (χ1) is 12.2. The van der Waals surface area contributed by atoms with Gasteiger partial charge in [0.05, 0.1) is 4.92 Å². The normalized spacial score (nSPS) is 11.2. The highest BCUT2D eigenvalue weighted by Crippen LogP contribution is 2.29. The Balaban J connectivity index is 2.06. The summed E-state index contributed by atoms with van der Waals surface area (Å²) in [4.78, 5) is 24.4. The Morgan fingerprint density at radius 3 is 2.50 bits per heavy atom. The molecule has 26 heavy (non-hydrogen) atoms. The van der Waals surface area contributed by atoms with Crippen molar-refractivity contribution in [2.75, 3.05) is 10.7 Å². The van der Waals surface area contributed by atoms with Crippen LogP contribution in [-0.2, 0) is 6.42 Å². The number of amides is 1. The summed E-state index contributed by atoms with van der Waals surface area (Å²) in [7, 11) is 0. The van der Waals surface area contributed by atoms with E-state index in [2.05, 4.69) is 0 Å². The van der Waals surface area contributed by atoms with Crippen LogP contribution in [0.15, 0.2) is 53.4 Å². The quantitative estimate of drug-likeness (QED) is 0.426. The number of nitro benzene ring substituents is 1. The second-order valence-corrected chi connectivity index (χ2v) is 7.98. The first-order valence-corrected chi connectivity index (χ1v) is 9.16. The first kappa shape index (κ1) is 19.8. The molecule has 138 valence electrons. The van der Waals surface area contributed by atoms with Crippen LogP contribution in [0.2, 0.25) is 0 Å². The average molecular weight is 374 g/mol. The number of rotatable bonds is 6. The highest BCUT2D eigenvalue weighted by molar-refractivity contribution is 7.99. The van der Waals surface area contributed by atoms with Crippen molar-refractivity contribution in [2.24, 2.45) is 0 Å². The lowest BCUT2D eigenvalue weighted by Crippen LogP contribution is -2.45. The molecule has 0 aliphatic rings. The summed E-state index contributed by atoms with van der Waals surface area (Å²) < 4.78 is 0. The average Bonchev–Trinajstić information content (AvgIpc) is 2.54. The van der Waals surface area contributed by atoms with Gasteiger partial charge in [0.1, 0.15) is 0 Å². The predicted molar refractivity (Wildman–Crippen MR) is 104 cm³/mol. The van der Waals surface area contributed by atoms with Crippen molar-refractivity contribution in [3.63, 3.8) is 0 Å². The van der Waals surface area contributed by atoms with E-state index in [1.165, 1.54) is 11.0 Å². The summed E-state index contributed by atoms with van der Waals surface area (Å²) in [5.41, 5.74) is 1.09. The van der Waals surface area contributed by atoms with Gasteiger partial charge in [-0.25, -0.2) is 4.79 Å². The fourth-order valence-corrected chi connectivity index (χ4v) is 3.56. The number of carboxylic acid groups (broad SMARTS) is 1. The molecular weight excluding hydrogens is 352 g/mol. The molecule has 0 aliphatic carbocycles. The summed E-state index contributed by atoms with van der Waals surface area (Å²) in [5, 5.41) is 20.3. The zero-order valence-electron chi connectivity index (χ0n) is 15.0. The molecule has 0 heterocycles. The van der Waals surface area contributed by atoms with Gasteiger partial charge in [0.25, 0.3) is 5.69 Å². The van der Waals surface area contributed by atoms with Crippen molar-refractivity contribution >= 4 is 29.2 Å². The molecule has 0 fully saturated rings. The number of anilines is 1. The molecule has 2 aromatic carbocycles. The lowest BCUT2D eigenvalue weighted by molar-refractivity contribution is -0.384. The van der Waals surface area contributed by atoms with E-state index >= 15 is 0 Å². The third-order valence-corrected chi connectivity index (χ3v) is 4.71. The van der Waals surface area contributed by atoms with Gasteiger partial charge >= 0.3 is 6.09 Å². The third kappa shape index (κ3) is 5.23. The molecule has 0 saturated heterocycles. The van der Waals surface area contributed by atoms with Crippen LogP contribution in [0.4, 0.5) is 16.2 Å². The number of hydrogen-bond donors (Lipinski definition) is 1. The Labute approximate surface area is 157 Å². The minimum Gasteiger partial charge on any atom is -0.465 e. The molecule has 6 nitrogen and oxygen atoms in total. The van der Waals surface area contributed by atoms with Crippen molar-refractivity contribution in [2.45, 2.75) is 37.6 Å². The molecule has 0 aromatic heterocycles. The maximum atomic E-state index is 11.6. The van der Waals surface area contributed by atoms with Crippen LogP contribution in [0, 0.1) is 10.1 Å². The Bertz CT molecular complexity index is 802. The van der Waals surface area contributed by atoms with Crippen molar-refractivity contribution in [3.8, 4) is 0 Å². The molecular formula is C19H22N2O4S. The monoisotopic (exact) mass is 374 g/mol. The summed E-state index contributed by atoms with van der Waals surface area (Å²) in [6.07, 6.45) is -0.297. The second kappa shape index (κ2) is 8.23. The molecule has 0 aliphatic heterocycles. The van der Waals surface area contributed by atoms with Gasteiger partial charge in [-0.3, -0.25) is 15.0 Å². The van der Waals surface area contributed by atoms with E-state index in [1.54, 1.807) is 30.0 Å².